The highest BCUT2D eigenvalue weighted by Crippen LogP contribution is 2.30. The van der Waals surface area contributed by atoms with E-state index in [9.17, 15) is 0 Å². The van der Waals surface area contributed by atoms with Gasteiger partial charge in [-0.1, -0.05) is 13.3 Å². The van der Waals surface area contributed by atoms with E-state index < -0.39 is 0 Å². The molecule has 2 nitrogen and oxygen atoms in total. The lowest BCUT2D eigenvalue weighted by Crippen LogP contribution is -2.47. The molecule has 0 aromatic carbocycles. The summed E-state index contributed by atoms with van der Waals surface area (Å²) < 4.78 is 0. The fourth-order valence-corrected chi connectivity index (χ4v) is 3.46. The molecule has 2 fully saturated rings. The van der Waals surface area contributed by atoms with Crippen LogP contribution in [0.2, 0.25) is 0 Å². The number of piperidine rings is 1. The van der Waals surface area contributed by atoms with Gasteiger partial charge in [-0.3, -0.25) is 0 Å². The topological polar surface area (TPSA) is 29.3 Å². The van der Waals surface area contributed by atoms with Crippen LogP contribution in [0.25, 0.3) is 0 Å². The normalized spacial score (nSPS) is 42.2. The summed E-state index contributed by atoms with van der Waals surface area (Å²) >= 11 is 0. The van der Waals surface area contributed by atoms with Crippen molar-refractivity contribution in [2.45, 2.75) is 64.5 Å². The van der Waals surface area contributed by atoms with Gasteiger partial charge in [0.05, 0.1) is 0 Å². The van der Waals surface area contributed by atoms with Crippen LogP contribution >= 0.6 is 0 Å². The molecule has 0 amide bonds. The first-order chi connectivity index (χ1) is 7.66. The van der Waals surface area contributed by atoms with E-state index in [0.29, 0.717) is 6.04 Å². The van der Waals surface area contributed by atoms with Gasteiger partial charge < -0.3 is 10.6 Å². The van der Waals surface area contributed by atoms with Crippen LogP contribution < -0.4 is 5.73 Å². The standard InChI is InChI=1S/C14H28N2/c1-11-6-7-14(15)13(9-11)10-16-8-4-3-5-12(16)2/h11-14H,3-10,15H2,1-2H3. The molecule has 16 heavy (non-hydrogen) atoms. The Hall–Kier alpha value is -0.0800. The molecule has 1 saturated heterocycles. The van der Waals surface area contributed by atoms with Crippen molar-refractivity contribution in [1.29, 1.82) is 0 Å². The van der Waals surface area contributed by atoms with Crippen LogP contribution in [0.4, 0.5) is 0 Å². The van der Waals surface area contributed by atoms with Crippen LogP contribution in [0, 0.1) is 11.8 Å². The molecule has 2 aliphatic rings. The zero-order chi connectivity index (χ0) is 11.5. The van der Waals surface area contributed by atoms with Crippen LogP contribution in [0.3, 0.4) is 0 Å². The minimum atomic E-state index is 0.463. The second-order valence-electron chi connectivity index (χ2n) is 6.18. The molecule has 1 heterocycles. The Morgan fingerprint density at radius 1 is 1.12 bits per heavy atom. The van der Waals surface area contributed by atoms with Crippen LogP contribution in [0.15, 0.2) is 0 Å². The summed E-state index contributed by atoms with van der Waals surface area (Å²) in [5, 5.41) is 0. The Morgan fingerprint density at radius 3 is 2.69 bits per heavy atom. The van der Waals surface area contributed by atoms with Crippen molar-refractivity contribution in [2.75, 3.05) is 13.1 Å². The Bertz CT molecular complexity index is 217. The van der Waals surface area contributed by atoms with Gasteiger partial charge in [-0.25, -0.2) is 0 Å². The number of rotatable bonds is 2. The Morgan fingerprint density at radius 2 is 1.94 bits per heavy atom. The van der Waals surface area contributed by atoms with E-state index in [1.807, 2.05) is 0 Å². The molecular weight excluding hydrogens is 196 g/mol. The Labute approximate surface area is 101 Å². The van der Waals surface area contributed by atoms with Crippen molar-refractivity contribution in [3.05, 3.63) is 0 Å². The summed E-state index contributed by atoms with van der Waals surface area (Å²) in [4.78, 5) is 2.69. The number of nitrogens with two attached hydrogens (primary N) is 1. The molecule has 2 N–H and O–H groups in total. The third kappa shape index (κ3) is 2.98. The molecule has 0 aromatic heterocycles. The van der Waals surface area contributed by atoms with E-state index in [0.717, 1.165) is 17.9 Å². The predicted octanol–water partition coefficient (Wildman–Crippen LogP) is 2.62. The average molecular weight is 224 g/mol. The van der Waals surface area contributed by atoms with Crippen LogP contribution in [0.1, 0.15) is 52.4 Å². The molecule has 0 bridgehead atoms. The van der Waals surface area contributed by atoms with Crippen molar-refractivity contribution >= 4 is 0 Å². The minimum Gasteiger partial charge on any atom is -0.327 e. The Balaban J connectivity index is 1.86. The van der Waals surface area contributed by atoms with Gasteiger partial charge in [-0.2, -0.15) is 0 Å². The lowest BCUT2D eigenvalue weighted by Gasteiger charge is -2.40. The summed E-state index contributed by atoms with van der Waals surface area (Å²) in [6, 6.07) is 1.25. The maximum absolute atomic E-state index is 6.28. The van der Waals surface area contributed by atoms with Gasteiger partial charge >= 0.3 is 0 Å². The number of hydrogen-bond acceptors (Lipinski definition) is 2. The first kappa shape index (κ1) is 12.4. The third-order valence-electron chi connectivity index (χ3n) is 4.71. The highest BCUT2D eigenvalue weighted by molar-refractivity contribution is 4.85. The molecular formula is C14H28N2. The molecule has 1 aliphatic carbocycles. The van der Waals surface area contributed by atoms with E-state index in [4.69, 9.17) is 5.73 Å². The monoisotopic (exact) mass is 224 g/mol. The van der Waals surface area contributed by atoms with E-state index in [1.54, 1.807) is 0 Å². The molecule has 0 spiro atoms. The Kier molecular flexibility index (Phi) is 4.26. The summed E-state index contributed by atoms with van der Waals surface area (Å²) in [6.07, 6.45) is 8.13. The molecule has 94 valence electrons. The van der Waals surface area contributed by atoms with Gasteiger partial charge in [0, 0.05) is 18.6 Å². The van der Waals surface area contributed by atoms with Gasteiger partial charge in [-0.15, -0.1) is 0 Å². The van der Waals surface area contributed by atoms with Crippen molar-refractivity contribution in [1.82, 2.24) is 4.90 Å². The molecule has 0 radical (unpaired) electrons. The smallest absolute Gasteiger partial charge is 0.00795 e. The van der Waals surface area contributed by atoms with E-state index in [-0.39, 0.29) is 0 Å². The zero-order valence-electron chi connectivity index (χ0n) is 11.0. The molecule has 2 rings (SSSR count). The second-order valence-corrected chi connectivity index (χ2v) is 6.18. The van der Waals surface area contributed by atoms with Crippen molar-refractivity contribution in [3.8, 4) is 0 Å². The zero-order valence-corrected chi connectivity index (χ0v) is 11.0. The summed E-state index contributed by atoms with van der Waals surface area (Å²) in [7, 11) is 0. The maximum Gasteiger partial charge on any atom is 0.00795 e. The second kappa shape index (κ2) is 5.50. The van der Waals surface area contributed by atoms with Crippen molar-refractivity contribution in [2.24, 2.45) is 17.6 Å². The summed E-state index contributed by atoms with van der Waals surface area (Å²) in [5.74, 6) is 1.65. The average Bonchev–Trinajstić information content (AvgIpc) is 2.27. The molecule has 4 unspecified atom stereocenters. The van der Waals surface area contributed by atoms with Gasteiger partial charge in [0.2, 0.25) is 0 Å². The number of hydrogen-bond donors (Lipinski definition) is 1. The van der Waals surface area contributed by atoms with Gasteiger partial charge in [0.1, 0.15) is 0 Å². The minimum absolute atomic E-state index is 0.463. The maximum atomic E-state index is 6.28. The van der Waals surface area contributed by atoms with Gasteiger partial charge in [0.25, 0.3) is 0 Å². The highest BCUT2D eigenvalue weighted by atomic mass is 15.2. The van der Waals surface area contributed by atoms with Crippen molar-refractivity contribution in [3.63, 3.8) is 0 Å². The predicted molar refractivity (Wildman–Crippen MR) is 69.4 cm³/mol. The SMILES string of the molecule is CC1CCC(N)C(CN2CCCCC2C)C1. The van der Waals surface area contributed by atoms with Crippen LogP contribution in [-0.4, -0.2) is 30.1 Å². The van der Waals surface area contributed by atoms with Crippen LogP contribution in [0.5, 0.6) is 0 Å². The lowest BCUT2D eigenvalue weighted by molar-refractivity contribution is 0.105. The molecule has 0 aromatic rings. The molecule has 1 aliphatic heterocycles. The quantitative estimate of drug-likeness (QED) is 0.781. The summed E-state index contributed by atoms with van der Waals surface area (Å²) in [6.45, 7) is 7.33. The van der Waals surface area contributed by atoms with Gasteiger partial charge in [-0.05, 0) is 57.4 Å². The van der Waals surface area contributed by atoms with Crippen molar-refractivity contribution < 1.29 is 0 Å². The first-order valence-corrected chi connectivity index (χ1v) is 7.16. The van der Waals surface area contributed by atoms with E-state index in [2.05, 4.69) is 18.7 Å². The number of likely N-dealkylation sites (tertiary alicyclic amines) is 1. The largest absolute Gasteiger partial charge is 0.327 e. The fourth-order valence-electron chi connectivity index (χ4n) is 3.46. The summed E-state index contributed by atoms with van der Waals surface area (Å²) in [5.41, 5.74) is 6.28. The third-order valence-corrected chi connectivity index (χ3v) is 4.71. The molecule has 2 heteroatoms. The number of nitrogens with zero attached hydrogens (tertiary/aromatic N) is 1. The van der Waals surface area contributed by atoms with Gasteiger partial charge in [0.15, 0.2) is 0 Å². The first-order valence-electron chi connectivity index (χ1n) is 7.16. The van der Waals surface area contributed by atoms with Crippen LogP contribution in [-0.2, 0) is 0 Å². The molecule has 4 atom stereocenters. The highest BCUT2D eigenvalue weighted by Gasteiger charge is 2.29. The van der Waals surface area contributed by atoms with E-state index >= 15 is 0 Å². The molecule has 1 saturated carbocycles. The lowest BCUT2D eigenvalue weighted by atomic mass is 9.78. The van der Waals surface area contributed by atoms with E-state index in [1.165, 1.54) is 51.6 Å². The fraction of sp³-hybridized carbons (Fsp3) is 1.00.